The van der Waals surface area contributed by atoms with E-state index in [4.69, 9.17) is 16.0 Å². The third-order valence-electron chi connectivity index (χ3n) is 4.20. The average Bonchev–Trinajstić information content (AvgIpc) is 3.33. The monoisotopic (exact) mass is 396 g/mol. The Morgan fingerprint density at radius 1 is 1.08 bits per heavy atom. The molecule has 3 aromatic rings. The number of hydrogen-bond donors (Lipinski definition) is 0. The Kier molecular flexibility index (Phi) is 4.17. The third kappa shape index (κ3) is 2.75. The highest BCUT2D eigenvalue weighted by Crippen LogP contribution is 2.29. The van der Waals surface area contributed by atoms with Gasteiger partial charge in [0, 0.05) is 26.2 Å². The number of rotatable bonds is 3. The van der Waals surface area contributed by atoms with Crippen molar-refractivity contribution in [2.45, 2.75) is 4.90 Å². The van der Waals surface area contributed by atoms with E-state index in [1.807, 2.05) is 0 Å². The van der Waals surface area contributed by atoms with E-state index in [2.05, 4.69) is 14.9 Å². The number of halogens is 1. The van der Waals surface area contributed by atoms with Gasteiger partial charge in [0.25, 0.3) is 5.91 Å². The zero-order valence-electron chi connectivity index (χ0n) is 13.3. The van der Waals surface area contributed by atoms with Gasteiger partial charge in [0.2, 0.25) is 10.0 Å². The molecule has 4 rings (SSSR count). The molecule has 26 heavy (non-hydrogen) atoms. The molecule has 9 nitrogen and oxygen atoms in total. The van der Waals surface area contributed by atoms with E-state index in [1.54, 1.807) is 17.0 Å². The van der Waals surface area contributed by atoms with Crippen LogP contribution in [0.25, 0.3) is 11.0 Å². The summed E-state index contributed by atoms with van der Waals surface area (Å²) in [6, 6.07) is 6.03. The first-order valence-electron chi connectivity index (χ1n) is 7.72. The zero-order chi connectivity index (χ0) is 18.3. The fourth-order valence-electron chi connectivity index (χ4n) is 2.85. The Morgan fingerprint density at radius 3 is 2.50 bits per heavy atom. The number of benzene rings is 1. The molecule has 2 aromatic heterocycles. The Morgan fingerprint density at radius 2 is 1.81 bits per heavy atom. The summed E-state index contributed by atoms with van der Waals surface area (Å²) in [5.74, 6) is -0.0315. The molecule has 0 bridgehead atoms. The molecule has 136 valence electrons. The van der Waals surface area contributed by atoms with E-state index >= 15 is 0 Å². The summed E-state index contributed by atoms with van der Waals surface area (Å²) in [5, 5.41) is 7.56. The second-order valence-electron chi connectivity index (χ2n) is 5.68. The van der Waals surface area contributed by atoms with Crippen LogP contribution in [0.4, 0.5) is 0 Å². The second-order valence-corrected chi connectivity index (χ2v) is 7.99. The lowest BCUT2D eigenvalue weighted by molar-refractivity contribution is 0.0666. The molecule has 0 unspecified atom stereocenters. The smallest absolute Gasteiger partial charge is 0.289 e. The third-order valence-corrected chi connectivity index (χ3v) is 6.44. The van der Waals surface area contributed by atoms with Gasteiger partial charge in [0.05, 0.1) is 11.3 Å². The average molecular weight is 397 g/mol. The van der Waals surface area contributed by atoms with Crippen molar-refractivity contribution in [2.75, 3.05) is 26.2 Å². The van der Waals surface area contributed by atoms with Gasteiger partial charge in [-0.25, -0.2) is 13.0 Å². The van der Waals surface area contributed by atoms with Crippen LogP contribution < -0.4 is 0 Å². The maximum Gasteiger partial charge on any atom is 0.289 e. The van der Waals surface area contributed by atoms with Crippen LogP contribution in [0.2, 0.25) is 5.02 Å². The first kappa shape index (κ1) is 17.0. The fourth-order valence-corrected chi connectivity index (χ4v) is 4.58. The Balaban J connectivity index is 1.56. The van der Waals surface area contributed by atoms with E-state index in [0.29, 0.717) is 0 Å². The highest BCUT2D eigenvalue weighted by Gasteiger charge is 2.33. The van der Waals surface area contributed by atoms with Gasteiger partial charge in [-0.15, -0.1) is 0 Å². The fraction of sp³-hybridized carbons (Fsp3) is 0.267. The van der Waals surface area contributed by atoms with E-state index in [-0.39, 0.29) is 58.8 Å². The number of carbonyl (C=O) groups is 1. The molecule has 3 heterocycles. The van der Waals surface area contributed by atoms with Gasteiger partial charge < -0.3 is 9.32 Å². The Hall–Kier alpha value is -2.43. The van der Waals surface area contributed by atoms with Gasteiger partial charge in [0.1, 0.15) is 4.90 Å². The van der Waals surface area contributed by atoms with Gasteiger partial charge in [-0.05, 0) is 34.6 Å². The summed E-state index contributed by atoms with van der Waals surface area (Å²) in [7, 11) is -3.83. The predicted molar refractivity (Wildman–Crippen MR) is 90.2 cm³/mol. The van der Waals surface area contributed by atoms with Crippen LogP contribution in [-0.4, -0.2) is 60.0 Å². The minimum absolute atomic E-state index is 0.0241. The lowest BCUT2D eigenvalue weighted by Gasteiger charge is -2.33. The number of aromatic nitrogens is 2. The maximum absolute atomic E-state index is 13.0. The van der Waals surface area contributed by atoms with Gasteiger partial charge >= 0.3 is 0 Å². The van der Waals surface area contributed by atoms with Crippen molar-refractivity contribution >= 4 is 38.6 Å². The van der Waals surface area contributed by atoms with Gasteiger partial charge in [0.15, 0.2) is 16.8 Å². The number of carbonyl (C=O) groups excluding carboxylic acids is 1. The molecule has 0 spiro atoms. The van der Waals surface area contributed by atoms with E-state index in [1.165, 1.54) is 22.7 Å². The molecule has 11 heteroatoms. The molecular weight excluding hydrogens is 384 g/mol. The Labute approximate surface area is 153 Å². The lowest BCUT2D eigenvalue weighted by Crippen LogP contribution is -2.50. The molecule has 1 saturated heterocycles. The standard InChI is InChI=1S/C15H13ClN4O5S/c16-10-3-4-12(14-13(10)17-25-18-14)26(22,23)20-7-5-19(6-8-20)15(21)11-2-1-9-24-11/h1-4,9H,5-8H2. The molecule has 0 saturated carbocycles. The summed E-state index contributed by atoms with van der Waals surface area (Å²) in [6.07, 6.45) is 1.42. The molecule has 0 aliphatic carbocycles. The maximum atomic E-state index is 13.0. The second kappa shape index (κ2) is 6.38. The molecular formula is C15H13ClN4O5S. The van der Waals surface area contributed by atoms with Crippen LogP contribution in [0.1, 0.15) is 10.6 Å². The predicted octanol–water partition coefficient (Wildman–Crippen LogP) is 1.62. The van der Waals surface area contributed by atoms with Crippen LogP contribution >= 0.6 is 11.6 Å². The van der Waals surface area contributed by atoms with Crippen LogP contribution in [0.3, 0.4) is 0 Å². The van der Waals surface area contributed by atoms with E-state index < -0.39 is 10.0 Å². The van der Waals surface area contributed by atoms with Crippen molar-refractivity contribution in [2.24, 2.45) is 0 Å². The molecule has 1 amide bonds. The first-order valence-corrected chi connectivity index (χ1v) is 9.54. The summed E-state index contributed by atoms with van der Waals surface area (Å²) >= 11 is 5.99. The van der Waals surface area contributed by atoms with Gasteiger partial charge in [-0.1, -0.05) is 11.6 Å². The molecule has 1 aliphatic heterocycles. The SMILES string of the molecule is O=C(c1ccco1)N1CCN(S(=O)(=O)c2ccc(Cl)c3nonc23)CC1. The summed E-state index contributed by atoms with van der Waals surface area (Å²) in [5.41, 5.74) is 0.283. The molecule has 0 atom stereocenters. The van der Waals surface area contributed by atoms with Crippen molar-refractivity contribution in [1.29, 1.82) is 0 Å². The van der Waals surface area contributed by atoms with Crippen molar-refractivity contribution in [1.82, 2.24) is 19.5 Å². The molecule has 1 fully saturated rings. The Bertz CT molecular complexity index is 1060. The van der Waals surface area contributed by atoms with E-state index in [0.717, 1.165) is 0 Å². The van der Waals surface area contributed by atoms with Gasteiger partial charge in [-0.2, -0.15) is 4.31 Å². The van der Waals surface area contributed by atoms with Crippen molar-refractivity contribution in [3.63, 3.8) is 0 Å². The minimum Gasteiger partial charge on any atom is -0.459 e. The largest absolute Gasteiger partial charge is 0.459 e. The molecule has 1 aromatic carbocycles. The number of sulfonamides is 1. The van der Waals surface area contributed by atoms with E-state index in [9.17, 15) is 13.2 Å². The van der Waals surface area contributed by atoms with Crippen LogP contribution in [0.5, 0.6) is 0 Å². The number of hydrogen-bond acceptors (Lipinski definition) is 7. The number of furan rings is 1. The topological polar surface area (TPSA) is 110 Å². The van der Waals surface area contributed by atoms with Crippen molar-refractivity contribution in [3.05, 3.63) is 41.3 Å². The van der Waals surface area contributed by atoms with Crippen LogP contribution in [0, 0.1) is 0 Å². The van der Waals surface area contributed by atoms with Crippen LogP contribution in [-0.2, 0) is 10.0 Å². The normalized spacial score (nSPS) is 16.3. The number of piperazine rings is 1. The zero-order valence-corrected chi connectivity index (χ0v) is 14.9. The quantitative estimate of drug-likeness (QED) is 0.661. The van der Waals surface area contributed by atoms with Crippen molar-refractivity contribution in [3.8, 4) is 0 Å². The molecule has 0 N–H and O–H groups in total. The summed E-state index contributed by atoms with van der Waals surface area (Å²) < 4.78 is 37.0. The highest BCUT2D eigenvalue weighted by molar-refractivity contribution is 7.89. The minimum atomic E-state index is -3.83. The van der Waals surface area contributed by atoms with Crippen LogP contribution in [0.15, 0.2) is 44.5 Å². The number of amides is 1. The van der Waals surface area contributed by atoms with Crippen molar-refractivity contribution < 1.29 is 22.3 Å². The number of nitrogens with zero attached hydrogens (tertiary/aromatic N) is 4. The summed E-state index contributed by atoms with van der Waals surface area (Å²) in [4.78, 5) is 13.8. The lowest BCUT2D eigenvalue weighted by atomic mass is 10.3. The first-order chi connectivity index (χ1) is 12.5. The highest BCUT2D eigenvalue weighted by atomic mass is 35.5. The molecule has 1 aliphatic rings. The molecule has 0 radical (unpaired) electrons. The number of fused-ring (bicyclic) bond motifs is 1. The van der Waals surface area contributed by atoms with Gasteiger partial charge in [-0.3, -0.25) is 4.79 Å². The summed E-state index contributed by atoms with van der Waals surface area (Å²) in [6.45, 7) is 0.827.